The summed E-state index contributed by atoms with van der Waals surface area (Å²) in [5.41, 5.74) is 16.5. The van der Waals surface area contributed by atoms with E-state index in [9.17, 15) is 68.1 Å². The number of aliphatic hydroxyl groups is 2. The van der Waals surface area contributed by atoms with Gasteiger partial charge < -0.3 is 85.3 Å². The normalized spacial score (nSPS) is 17.8. The smallest absolute Gasteiger partial charge is 0.245 e. The number of primary amides is 1. The van der Waals surface area contributed by atoms with Gasteiger partial charge in [-0.05, 0) is 81.4 Å². The van der Waals surface area contributed by atoms with Gasteiger partial charge in [-0.1, -0.05) is 39.8 Å². The van der Waals surface area contributed by atoms with E-state index in [0.717, 1.165) is 0 Å². The lowest BCUT2D eigenvalue weighted by molar-refractivity contribution is -0.142. The van der Waals surface area contributed by atoms with E-state index in [1.807, 2.05) is 0 Å². The number of nitrogens with zero attached hydrogens (tertiary/aromatic N) is 2. The topological polar surface area (TPSA) is 450 Å². The van der Waals surface area contributed by atoms with E-state index in [1.54, 1.807) is 27.7 Å². The highest BCUT2D eigenvalue weighted by molar-refractivity contribution is 5.99. The molecule has 76 heavy (non-hydrogen) atoms. The molecule has 2 saturated heterocycles. The summed E-state index contributed by atoms with van der Waals surface area (Å²) in [6.07, 6.45) is -0.406. The second kappa shape index (κ2) is 30.7. The van der Waals surface area contributed by atoms with Crippen LogP contribution < -0.4 is 65.1 Å². The Morgan fingerprint density at radius 3 is 1.84 bits per heavy atom. The van der Waals surface area contributed by atoms with Crippen LogP contribution in [0, 0.1) is 11.8 Å². The van der Waals surface area contributed by atoms with Crippen molar-refractivity contribution in [2.75, 3.05) is 32.8 Å². The van der Waals surface area contributed by atoms with Gasteiger partial charge in [-0.3, -0.25) is 57.7 Å². The Bertz CT molecular complexity index is 2260. The van der Waals surface area contributed by atoms with Crippen LogP contribution in [0.1, 0.15) is 91.5 Å². The zero-order valence-corrected chi connectivity index (χ0v) is 43.5. The molecule has 28 heteroatoms. The molecule has 2 aliphatic rings. The number of aliphatic imine (C=N–C) groups is 1. The van der Waals surface area contributed by atoms with Gasteiger partial charge in [0.1, 0.15) is 54.1 Å². The van der Waals surface area contributed by atoms with E-state index in [1.165, 1.54) is 36.1 Å². The number of phenols is 1. The van der Waals surface area contributed by atoms with E-state index in [4.69, 9.17) is 17.2 Å². The summed E-state index contributed by atoms with van der Waals surface area (Å²) in [5, 5.41) is 52.9. The van der Waals surface area contributed by atoms with Gasteiger partial charge in [-0.2, -0.15) is 0 Å². The minimum absolute atomic E-state index is 0.0105. The minimum Gasteiger partial charge on any atom is -0.508 e. The Hall–Kier alpha value is -7.62. The van der Waals surface area contributed by atoms with E-state index in [0.29, 0.717) is 12.0 Å². The first-order valence-electron chi connectivity index (χ1n) is 25.2. The van der Waals surface area contributed by atoms with Crippen molar-refractivity contribution in [2.24, 2.45) is 34.0 Å². The molecule has 0 aliphatic carbocycles. The Kier molecular flexibility index (Phi) is 25.3. The van der Waals surface area contributed by atoms with E-state index >= 15 is 0 Å². The molecule has 2 heterocycles. The van der Waals surface area contributed by atoms with Gasteiger partial charge in [0.25, 0.3) is 0 Å². The number of rotatable bonds is 30. The molecule has 0 bridgehead atoms. The van der Waals surface area contributed by atoms with Crippen molar-refractivity contribution in [1.82, 2.24) is 52.8 Å². The minimum atomic E-state index is -1.72. The highest BCUT2D eigenvalue weighted by atomic mass is 16.3. The number of nitrogens with two attached hydrogens (primary N) is 3. The number of benzene rings is 1. The van der Waals surface area contributed by atoms with Crippen molar-refractivity contribution in [1.29, 1.82) is 0 Å². The fourth-order valence-corrected chi connectivity index (χ4v) is 8.32. The SMILES string of the molecule is CC(C)C[C@H](NC(=O)CNC(=O)[C@H](Cc1ccc(O)cc1)NC(=O)[C@H](CO)NC(=O)[C@H](CC(C)C)NC(=O)[C@@H](NC(=O)[C@@H]1CCC(=O)N1)[C@@H](C)O)C(=O)N[C@@H](CCCN=C(N)N)C(=O)N1CCC[C@H]1C(=O)NCC(N)=O. The third-order valence-corrected chi connectivity index (χ3v) is 12.2. The van der Waals surface area contributed by atoms with Crippen molar-refractivity contribution >= 4 is 70.9 Å². The molecule has 11 amide bonds. The average Bonchev–Trinajstić information content (AvgIpc) is 4.03. The number of carbonyl (C=O) groups is 11. The zero-order chi connectivity index (χ0) is 56.8. The van der Waals surface area contributed by atoms with Gasteiger partial charge in [0, 0.05) is 25.9 Å². The molecule has 1 aromatic rings. The fourth-order valence-electron chi connectivity index (χ4n) is 8.32. The Morgan fingerprint density at radius 2 is 1.29 bits per heavy atom. The number of phenolic OH excluding ortho intramolecular Hbond substituents is 1. The summed E-state index contributed by atoms with van der Waals surface area (Å²) >= 11 is 0. The Labute approximate surface area is 440 Å². The molecular weight excluding hydrogens is 997 g/mol. The summed E-state index contributed by atoms with van der Waals surface area (Å²) in [5.74, 6) is -9.33. The van der Waals surface area contributed by atoms with Gasteiger partial charge >= 0.3 is 0 Å². The van der Waals surface area contributed by atoms with Gasteiger partial charge in [-0.15, -0.1) is 0 Å². The number of carbonyl (C=O) groups excluding carboxylic acids is 11. The Balaban J connectivity index is 1.77. The maximum atomic E-state index is 14.0. The van der Waals surface area contributed by atoms with Crippen LogP contribution in [0.15, 0.2) is 29.3 Å². The van der Waals surface area contributed by atoms with Crippen LogP contribution in [0.3, 0.4) is 0 Å². The van der Waals surface area contributed by atoms with Crippen molar-refractivity contribution in [3.8, 4) is 5.75 Å². The van der Waals surface area contributed by atoms with Gasteiger partial charge in [-0.25, -0.2) is 0 Å². The van der Waals surface area contributed by atoms with Crippen molar-refractivity contribution in [3.63, 3.8) is 0 Å². The van der Waals surface area contributed by atoms with Crippen LogP contribution in [0.2, 0.25) is 0 Å². The molecule has 2 fully saturated rings. The highest BCUT2D eigenvalue weighted by Gasteiger charge is 2.39. The second-order valence-corrected chi connectivity index (χ2v) is 19.6. The van der Waals surface area contributed by atoms with Crippen LogP contribution >= 0.6 is 0 Å². The number of amides is 11. The van der Waals surface area contributed by atoms with Gasteiger partial charge in [0.05, 0.1) is 25.8 Å². The molecule has 0 radical (unpaired) electrons. The maximum absolute atomic E-state index is 14.0. The third kappa shape index (κ3) is 20.9. The first kappa shape index (κ1) is 62.7. The molecule has 9 atom stereocenters. The van der Waals surface area contributed by atoms with Gasteiger partial charge in [0.2, 0.25) is 65.0 Å². The van der Waals surface area contributed by atoms with Crippen molar-refractivity contribution in [2.45, 2.75) is 147 Å². The number of aliphatic hydroxyl groups excluding tert-OH is 2. The molecule has 0 unspecified atom stereocenters. The quantitative estimate of drug-likeness (QED) is 0.0194. The van der Waals surface area contributed by atoms with E-state index in [-0.39, 0.29) is 93.9 Å². The first-order valence-corrected chi connectivity index (χ1v) is 25.2. The third-order valence-electron chi connectivity index (χ3n) is 12.2. The average molecular weight is 1070 g/mol. The molecule has 2 aliphatic heterocycles. The van der Waals surface area contributed by atoms with Crippen LogP contribution in [0.4, 0.5) is 0 Å². The molecule has 422 valence electrons. The predicted molar refractivity (Wildman–Crippen MR) is 272 cm³/mol. The van der Waals surface area contributed by atoms with Crippen molar-refractivity contribution < 1.29 is 68.1 Å². The first-order chi connectivity index (χ1) is 35.8. The molecular formula is C48H76N14O14. The standard InChI is InChI=1S/C48H76N14O14/c1-24(2)18-31(42(71)57-30(8-6-16-52-48(50)51)47(76)62-17-7-9-35(62)45(74)53-21-36(49)66)56-38(68)22-54-40(69)33(20-27-10-12-28(65)13-11-27)58-44(73)34(23-63)60-43(72)32(19-25(3)4)59-46(75)39(26(5)64)61-41(70)29-14-15-37(67)55-29/h10-13,24-26,29-35,39,63-65H,6-9,14-23H2,1-5H3,(H2,49,66)(H,53,74)(H,54,69)(H,55,67)(H,56,68)(H,57,71)(H,58,73)(H,59,75)(H,60,72)(H,61,70)(H4,50,51,52)/t26-,29+,30+,31+,32+,33+,34+,35+,39+/m1/s1. The summed E-state index contributed by atoms with van der Waals surface area (Å²) < 4.78 is 0. The number of hydrogen-bond donors (Lipinski definition) is 15. The number of hydrogen-bond acceptors (Lipinski definition) is 15. The molecule has 1 aromatic carbocycles. The summed E-state index contributed by atoms with van der Waals surface area (Å²) in [4.78, 5) is 150. The lowest BCUT2D eigenvalue weighted by Gasteiger charge is -2.30. The number of aromatic hydroxyl groups is 1. The largest absolute Gasteiger partial charge is 0.508 e. The van der Waals surface area contributed by atoms with Crippen LogP contribution in [0.5, 0.6) is 5.75 Å². The number of nitrogens with one attached hydrogen (secondary N) is 9. The maximum Gasteiger partial charge on any atom is 0.245 e. The second-order valence-electron chi connectivity index (χ2n) is 19.6. The highest BCUT2D eigenvalue weighted by Crippen LogP contribution is 2.21. The van der Waals surface area contributed by atoms with E-state index < -0.39 is 133 Å². The lowest BCUT2D eigenvalue weighted by atomic mass is 10.0. The summed E-state index contributed by atoms with van der Waals surface area (Å²) in [6, 6.07) is -4.92. The monoisotopic (exact) mass is 1070 g/mol. The fraction of sp³-hybridized carbons (Fsp3) is 0.625. The van der Waals surface area contributed by atoms with Crippen LogP contribution in [0.25, 0.3) is 0 Å². The predicted octanol–water partition coefficient (Wildman–Crippen LogP) is -5.65. The van der Waals surface area contributed by atoms with Gasteiger partial charge in [0.15, 0.2) is 5.96 Å². The number of guanidine groups is 1. The molecule has 18 N–H and O–H groups in total. The van der Waals surface area contributed by atoms with E-state index in [2.05, 4.69) is 52.8 Å². The lowest BCUT2D eigenvalue weighted by Crippen LogP contribution is -2.61. The molecule has 0 spiro atoms. The molecule has 28 nitrogen and oxygen atoms in total. The molecule has 0 saturated carbocycles. The summed E-state index contributed by atoms with van der Waals surface area (Å²) in [7, 11) is 0. The Morgan fingerprint density at radius 1 is 0.711 bits per heavy atom. The zero-order valence-electron chi connectivity index (χ0n) is 43.5. The van der Waals surface area contributed by atoms with Crippen LogP contribution in [-0.4, -0.2) is 178 Å². The van der Waals surface area contributed by atoms with Crippen molar-refractivity contribution in [3.05, 3.63) is 29.8 Å². The number of likely N-dealkylation sites (tertiary alicyclic amines) is 1. The van der Waals surface area contributed by atoms with Crippen LogP contribution in [-0.2, 0) is 59.2 Å². The molecule has 3 rings (SSSR count). The molecule has 0 aromatic heterocycles. The summed E-state index contributed by atoms with van der Waals surface area (Å²) in [6.45, 7) is 6.34.